The molecule has 0 radical (unpaired) electrons. The van der Waals surface area contributed by atoms with Crippen molar-refractivity contribution in [1.82, 2.24) is 24.9 Å². The number of likely N-dealkylation sites (tertiary alicyclic amines) is 1. The Hall–Kier alpha value is -3.56. The van der Waals surface area contributed by atoms with Gasteiger partial charge in [0.25, 0.3) is 5.91 Å². The number of hydrogen-bond acceptors (Lipinski definition) is 5. The van der Waals surface area contributed by atoms with Gasteiger partial charge >= 0.3 is 6.03 Å². The minimum absolute atomic E-state index is 0.00209. The van der Waals surface area contributed by atoms with E-state index < -0.39 is 6.03 Å². The van der Waals surface area contributed by atoms with Gasteiger partial charge in [-0.25, -0.2) is 4.79 Å². The average Bonchev–Trinajstić information content (AvgIpc) is 3.49. The molecule has 1 aromatic heterocycles. The van der Waals surface area contributed by atoms with Crippen molar-refractivity contribution >= 4 is 23.5 Å². The number of hydrogen-bond donors (Lipinski definition) is 2. The van der Waals surface area contributed by atoms with Crippen LogP contribution in [0.1, 0.15) is 52.1 Å². The number of rotatable bonds is 5. The highest BCUT2D eigenvalue weighted by Crippen LogP contribution is 2.28. The zero-order valence-corrected chi connectivity index (χ0v) is 21.8. The van der Waals surface area contributed by atoms with Crippen LogP contribution in [0.3, 0.4) is 0 Å². The normalized spacial score (nSPS) is 18.2. The molecule has 0 spiro atoms. The Morgan fingerprint density at radius 3 is 2.43 bits per heavy atom. The van der Waals surface area contributed by atoms with Crippen LogP contribution in [0.2, 0.25) is 0 Å². The second kappa shape index (κ2) is 10.4. The van der Waals surface area contributed by atoms with Gasteiger partial charge < -0.3 is 25.8 Å². The van der Waals surface area contributed by atoms with Gasteiger partial charge in [-0.15, -0.1) is 0 Å². The summed E-state index contributed by atoms with van der Waals surface area (Å²) in [5, 5.41) is 7.40. The van der Waals surface area contributed by atoms with Gasteiger partial charge in [0.1, 0.15) is 6.54 Å². The third-order valence-corrected chi connectivity index (χ3v) is 8.17. The number of aryl methyl sites for hydroxylation is 1. The van der Waals surface area contributed by atoms with Crippen molar-refractivity contribution in [2.24, 2.45) is 5.73 Å². The van der Waals surface area contributed by atoms with E-state index in [-0.39, 0.29) is 24.4 Å². The number of piperidine rings is 1. The first kappa shape index (κ1) is 25.1. The molecule has 1 aliphatic carbocycles. The molecule has 3 heterocycles. The molecule has 198 valence electrons. The Morgan fingerprint density at radius 1 is 1.00 bits per heavy atom. The fraction of sp³-hybridized carbons (Fsp3) is 0.556. The zero-order valence-electron chi connectivity index (χ0n) is 21.8. The lowest BCUT2D eigenvalue weighted by molar-refractivity contribution is -0.132. The number of amides is 4. The summed E-state index contributed by atoms with van der Waals surface area (Å²) in [4.78, 5) is 43.8. The van der Waals surface area contributed by atoms with Gasteiger partial charge in [-0.3, -0.25) is 14.3 Å². The van der Waals surface area contributed by atoms with Crippen LogP contribution in [0.15, 0.2) is 18.2 Å². The van der Waals surface area contributed by atoms with E-state index in [1.807, 2.05) is 4.90 Å². The molecule has 2 aliphatic heterocycles. The standard InChI is InChI=1S/C27H37N7O3/c1-18-5-3-7-22(19(18)2)31-13-15-32(16-14-31)24(35)17-34-23-8-4-6-21(23)25(30-34)26(36)33-11-9-20(10-12-33)29-27(28)37/h3,5,7,20H,4,6,8-17H2,1-2H3,(H3,28,29,37). The topological polar surface area (TPSA) is 117 Å². The van der Waals surface area contributed by atoms with Gasteiger partial charge in [-0.2, -0.15) is 5.10 Å². The Labute approximate surface area is 217 Å². The average molecular weight is 508 g/mol. The molecule has 10 nitrogen and oxygen atoms in total. The predicted molar refractivity (Wildman–Crippen MR) is 141 cm³/mol. The fourth-order valence-corrected chi connectivity index (χ4v) is 5.89. The van der Waals surface area contributed by atoms with Crippen LogP contribution >= 0.6 is 0 Å². The van der Waals surface area contributed by atoms with Gasteiger partial charge in [-0.1, -0.05) is 12.1 Å². The number of piperazine rings is 1. The quantitative estimate of drug-likeness (QED) is 0.638. The second-order valence-electron chi connectivity index (χ2n) is 10.4. The molecule has 2 aromatic rings. The number of fused-ring (bicyclic) bond motifs is 1. The maximum atomic E-state index is 13.3. The van der Waals surface area contributed by atoms with Crippen molar-refractivity contribution in [3.8, 4) is 0 Å². The van der Waals surface area contributed by atoms with Crippen LogP contribution in [0.25, 0.3) is 0 Å². The Balaban J connectivity index is 1.21. The van der Waals surface area contributed by atoms with Gasteiger partial charge in [0, 0.05) is 62.3 Å². The number of carbonyl (C=O) groups excluding carboxylic acids is 3. The van der Waals surface area contributed by atoms with Gasteiger partial charge in [0.2, 0.25) is 5.91 Å². The van der Waals surface area contributed by atoms with Crippen LogP contribution in [0.5, 0.6) is 0 Å². The lowest BCUT2D eigenvalue weighted by Crippen LogP contribution is -2.50. The maximum Gasteiger partial charge on any atom is 0.312 e. The lowest BCUT2D eigenvalue weighted by Gasteiger charge is -2.37. The van der Waals surface area contributed by atoms with Crippen molar-refractivity contribution in [3.63, 3.8) is 0 Å². The van der Waals surface area contributed by atoms with E-state index >= 15 is 0 Å². The molecule has 37 heavy (non-hydrogen) atoms. The van der Waals surface area contributed by atoms with Crippen molar-refractivity contribution in [3.05, 3.63) is 46.3 Å². The lowest BCUT2D eigenvalue weighted by atomic mass is 10.0. The number of primary amides is 1. The van der Waals surface area contributed by atoms with E-state index in [0.717, 1.165) is 43.6 Å². The summed E-state index contributed by atoms with van der Waals surface area (Å²) in [6, 6.07) is 5.84. The van der Waals surface area contributed by atoms with Gasteiger partial charge in [0.15, 0.2) is 5.69 Å². The highest BCUT2D eigenvalue weighted by molar-refractivity contribution is 5.94. The molecule has 4 amide bonds. The number of urea groups is 1. The third-order valence-electron chi connectivity index (χ3n) is 8.17. The first-order valence-electron chi connectivity index (χ1n) is 13.3. The highest BCUT2D eigenvalue weighted by atomic mass is 16.2. The summed E-state index contributed by atoms with van der Waals surface area (Å²) in [5.74, 6) is -0.0285. The molecular weight excluding hydrogens is 470 g/mol. The van der Waals surface area contributed by atoms with Gasteiger partial charge in [-0.05, 0) is 63.1 Å². The number of nitrogens with zero attached hydrogens (tertiary/aromatic N) is 5. The molecule has 10 heteroatoms. The molecule has 5 rings (SSSR count). The molecule has 2 fully saturated rings. The van der Waals surface area contributed by atoms with Crippen molar-refractivity contribution in [1.29, 1.82) is 0 Å². The van der Waals surface area contributed by atoms with Crippen LogP contribution in [0.4, 0.5) is 10.5 Å². The van der Waals surface area contributed by atoms with E-state index in [1.165, 1.54) is 16.8 Å². The largest absolute Gasteiger partial charge is 0.368 e. The number of aromatic nitrogens is 2. The summed E-state index contributed by atoms with van der Waals surface area (Å²) in [6.07, 6.45) is 3.97. The number of carbonyl (C=O) groups is 3. The number of nitrogens with two attached hydrogens (primary N) is 1. The molecule has 3 N–H and O–H groups in total. The fourth-order valence-electron chi connectivity index (χ4n) is 5.89. The number of nitrogens with one attached hydrogen (secondary N) is 1. The highest BCUT2D eigenvalue weighted by Gasteiger charge is 2.32. The summed E-state index contributed by atoms with van der Waals surface area (Å²) in [6.45, 7) is 8.51. The van der Waals surface area contributed by atoms with E-state index in [4.69, 9.17) is 5.73 Å². The van der Waals surface area contributed by atoms with Crippen molar-refractivity contribution in [2.45, 2.75) is 58.5 Å². The summed E-state index contributed by atoms with van der Waals surface area (Å²) >= 11 is 0. The predicted octanol–water partition coefficient (Wildman–Crippen LogP) is 1.61. The molecule has 0 unspecified atom stereocenters. The molecule has 3 aliphatic rings. The summed E-state index contributed by atoms with van der Waals surface area (Å²) in [5.41, 5.74) is 11.6. The second-order valence-corrected chi connectivity index (χ2v) is 10.4. The molecule has 2 saturated heterocycles. The Bertz CT molecular complexity index is 1190. The molecule has 1 aromatic carbocycles. The smallest absolute Gasteiger partial charge is 0.312 e. The number of benzene rings is 1. The summed E-state index contributed by atoms with van der Waals surface area (Å²) < 4.78 is 1.77. The first-order valence-corrected chi connectivity index (χ1v) is 13.3. The van der Waals surface area contributed by atoms with Crippen molar-refractivity contribution < 1.29 is 14.4 Å². The zero-order chi connectivity index (χ0) is 26.1. The van der Waals surface area contributed by atoms with E-state index in [0.29, 0.717) is 44.7 Å². The SMILES string of the molecule is Cc1cccc(N2CCN(C(=O)Cn3nc(C(=O)N4CCC(NC(N)=O)CC4)c4c3CCC4)CC2)c1C. The number of anilines is 1. The van der Waals surface area contributed by atoms with Crippen molar-refractivity contribution in [2.75, 3.05) is 44.2 Å². The Kier molecular flexibility index (Phi) is 7.08. The molecule has 0 saturated carbocycles. The van der Waals surface area contributed by atoms with Crippen LogP contribution < -0.4 is 16.0 Å². The molecule has 0 bridgehead atoms. The molecule has 0 atom stereocenters. The first-order chi connectivity index (χ1) is 17.8. The van der Waals surface area contributed by atoms with E-state index in [1.54, 1.807) is 9.58 Å². The monoisotopic (exact) mass is 507 g/mol. The van der Waals surface area contributed by atoms with E-state index in [2.05, 4.69) is 47.4 Å². The minimum atomic E-state index is -0.530. The molecular formula is C27H37N7O3. The van der Waals surface area contributed by atoms with Crippen LogP contribution in [-0.4, -0.2) is 82.7 Å². The maximum absolute atomic E-state index is 13.3. The van der Waals surface area contributed by atoms with Crippen LogP contribution in [-0.2, 0) is 24.2 Å². The minimum Gasteiger partial charge on any atom is -0.368 e. The van der Waals surface area contributed by atoms with Crippen LogP contribution in [0, 0.1) is 13.8 Å². The van der Waals surface area contributed by atoms with Gasteiger partial charge in [0.05, 0.1) is 0 Å². The Morgan fingerprint density at radius 2 is 1.73 bits per heavy atom. The third kappa shape index (κ3) is 5.14. The summed E-state index contributed by atoms with van der Waals surface area (Å²) in [7, 11) is 0. The van der Waals surface area contributed by atoms with E-state index in [9.17, 15) is 14.4 Å².